The molecule has 0 unspecified atom stereocenters. The van der Waals surface area contributed by atoms with Crippen LogP contribution in [-0.2, 0) is 13.1 Å². The van der Waals surface area contributed by atoms with Gasteiger partial charge in [-0.1, -0.05) is 53.6 Å². The van der Waals surface area contributed by atoms with Crippen molar-refractivity contribution in [2.75, 3.05) is 7.11 Å². The monoisotopic (exact) mass is 443 g/mol. The van der Waals surface area contributed by atoms with Gasteiger partial charge in [0.15, 0.2) is 0 Å². The Morgan fingerprint density at radius 1 is 1.00 bits per heavy atom. The van der Waals surface area contributed by atoms with Crippen LogP contribution in [0.25, 0.3) is 21.9 Å². The number of rotatable bonds is 5. The molecule has 0 radical (unpaired) electrons. The third-order valence-electron chi connectivity index (χ3n) is 5.74. The van der Waals surface area contributed by atoms with Gasteiger partial charge in [0.1, 0.15) is 16.8 Å². The number of nitrogens with zero attached hydrogens (tertiary/aromatic N) is 3. The van der Waals surface area contributed by atoms with E-state index in [1.165, 1.54) is 0 Å². The Hall–Kier alpha value is -3.57. The summed E-state index contributed by atoms with van der Waals surface area (Å²) in [5.74, 6) is 0.745. The molecule has 5 nitrogen and oxygen atoms in total. The summed E-state index contributed by atoms with van der Waals surface area (Å²) in [6.45, 7) is 2.95. The lowest BCUT2D eigenvalue weighted by Gasteiger charge is -2.11. The normalized spacial score (nSPS) is 11.3. The summed E-state index contributed by atoms with van der Waals surface area (Å²) < 4.78 is 9.15. The molecule has 2 aromatic heterocycles. The van der Waals surface area contributed by atoms with E-state index in [1.54, 1.807) is 18.0 Å². The Kier molecular flexibility index (Phi) is 5.19. The zero-order valence-electron chi connectivity index (χ0n) is 17.9. The number of aryl methyl sites for hydroxylation is 1. The van der Waals surface area contributed by atoms with Gasteiger partial charge in [0.25, 0.3) is 5.56 Å². The Bertz CT molecular complexity index is 1520. The van der Waals surface area contributed by atoms with E-state index in [-0.39, 0.29) is 5.56 Å². The average molecular weight is 444 g/mol. The van der Waals surface area contributed by atoms with Crippen molar-refractivity contribution in [3.8, 4) is 5.75 Å². The predicted molar refractivity (Wildman–Crippen MR) is 129 cm³/mol. The van der Waals surface area contributed by atoms with Crippen LogP contribution in [0, 0.1) is 6.92 Å². The van der Waals surface area contributed by atoms with Gasteiger partial charge < -0.3 is 9.30 Å². The van der Waals surface area contributed by atoms with E-state index >= 15 is 0 Å². The van der Waals surface area contributed by atoms with E-state index in [9.17, 15) is 4.79 Å². The molecular weight excluding hydrogens is 422 g/mol. The second-order valence-electron chi connectivity index (χ2n) is 7.92. The minimum absolute atomic E-state index is 0.0863. The third kappa shape index (κ3) is 3.55. The highest BCUT2D eigenvalue weighted by Crippen LogP contribution is 2.28. The maximum Gasteiger partial charge on any atom is 0.278 e. The van der Waals surface area contributed by atoms with E-state index in [1.807, 2.05) is 60.0 Å². The standard InChI is InChI=1S/C26H22ClN3O2/c1-17-10-11-22-21(12-17)24-25(30(22)14-18-6-5-8-20(27)13-18)26(31)29(16-28-24)15-19-7-3-4-9-23(19)32-2/h3-13,16H,14-15H2,1-2H3. The van der Waals surface area contributed by atoms with Gasteiger partial charge >= 0.3 is 0 Å². The van der Waals surface area contributed by atoms with Crippen molar-refractivity contribution in [2.24, 2.45) is 0 Å². The molecule has 0 fully saturated rings. The molecule has 0 spiro atoms. The van der Waals surface area contributed by atoms with Crippen molar-refractivity contribution in [3.05, 3.63) is 105 Å². The van der Waals surface area contributed by atoms with Gasteiger partial charge in [-0.15, -0.1) is 0 Å². The molecule has 5 aromatic rings. The largest absolute Gasteiger partial charge is 0.496 e. The van der Waals surface area contributed by atoms with Crippen molar-refractivity contribution >= 4 is 33.5 Å². The average Bonchev–Trinajstić information content (AvgIpc) is 3.09. The molecule has 160 valence electrons. The van der Waals surface area contributed by atoms with Crippen LogP contribution < -0.4 is 10.3 Å². The van der Waals surface area contributed by atoms with Crippen molar-refractivity contribution in [3.63, 3.8) is 0 Å². The number of hydrogen-bond donors (Lipinski definition) is 0. The summed E-state index contributed by atoms with van der Waals surface area (Å²) in [5, 5.41) is 1.65. The van der Waals surface area contributed by atoms with Crippen LogP contribution >= 0.6 is 11.6 Å². The van der Waals surface area contributed by atoms with E-state index in [4.69, 9.17) is 21.3 Å². The lowest BCUT2D eigenvalue weighted by atomic mass is 10.1. The molecule has 0 N–H and O–H groups in total. The molecule has 0 amide bonds. The minimum Gasteiger partial charge on any atom is -0.496 e. The van der Waals surface area contributed by atoms with Crippen molar-refractivity contribution in [2.45, 2.75) is 20.0 Å². The van der Waals surface area contributed by atoms with Crippen LogP contribution in [0.4, 0.5) is 0 Å². The van der Waals surface area contributed by atoms with E-state index < -0.39 is 0 Å². The van der Waals surface area contributed by atoms with Gasteiger partial charge in [0.2, 0.25) is 0 Å². The van der Waals surface area contributed by atoms with Crippen molar-refractivity contribution in [1.82, 2.24) is 14.1 Å². The number of para-hydroxylation sites is 1. The second kappa shape index (κ2) is 8.17. The van der Waals surface area contributed by atoms with Crippen LogP contribution in [0.3, 0.4) is 0 Å². The molecule has 0 aliphatic rings. The first-order valence-electron chi connectivity index (χ1n) is 10.4. The summed E-state index contributed by atoms with van der Waals surface area (Å²) in [6, 6.07) is 21.6. The molecule has 32 heavy (non-hydrogen) atoms. The topological polar surface area (TPSA) is 49.0 Å². The highest BCUT2D eigenvalue weighted by atomic mass is 35.5. The summed E-state index contributed by atoms with van der Waals surface area (Å²) in [6.07, 6.45) is 1.63. The Morgan fingerprint density at radius 3 is 2.66 bits per heavy atom. The summed E-state index contributed by atoms with van der Waals surface area (Å²) in [5.41, 5.74) is 5.26. The molecule has 0 aliphatic heterocycles. The number of hydrogen-bond acceptors (Lipinski definition) is 3. The molecule has 0 atom stereocenters. The summed E-state index contributed by atoms with van der Waals surface area (Å²) >= 11 is 6.22. The van der Waals surface area contributed by atoms with Gasteiger partial charge in [0.05, 0.1) is 25.5 Å². The molecule has 6 heteroatoms. The molecule has 0 bridgehead atoms. The van der Waals surface area contributed by atoms with Crippen LogP contribution in [0.5, 0.6) is 5.75 Å². The molecule has 0 saturated heterocycles. The first-order chi connectivity index (χ1) is 15.5. The van der Waals surface area contributed by atoms with E-state index in [0.29, 0.717) is 29.1 Å². The fraction of sp³-hybridized carbons (Fsp3) is 0.154. The van der Waals surface area contributed by atoms with E-state index in [0.717, 1.165) is 33.3 Å². The van der Waals surface area contributed by atoms with Crippen molar-refractivity contribution in [1.29, 1.82) is 0 Å². The lowest BCUT2D eigenvalue weighted by molar-refractivity contribution is 0.408. The van der Waals surface area contributed by atoms with Gasteiger partial charge in [-0.05, 0) is 42.8 Å². The number of fused-ring (bicyclic) bond motifs is 3. The fourth-order valence-corrected chi connectivity index (χ4v) is 4.44. The van der Waals surface area contributed by atoms with Gasteiger partial charge in [-0.2, -0.15) is 0 Å². The Labute approximate surface area is 190 Å². The van der Waals surface area contributed by atoms with Crippen molar-refractivity contribution < 1.29 is 4.74 Å². The zero-order chi connectivity index (χ0) is 22.2. The molecule has 0 aliphatic carbocycles. The SMILES string of the molecule is COc1ccccc1Cn1cnc2c3cc(C)ccc3n(Cc3cccc(Cl)c3)c2c1=O. The number of methoxy groups -OCH3 is 1. The Morgan fingerprint density at radius 2 is 1.84 bits per heavy atom. The molecule has 5 rings (SSSR count). The molecular formula is C26H22ClN3O2. The number of halogens is 1. The molecule has 0 saturated carbocycles. The lowest BCUT2D eigenvalue weighted by Crippen LogP contribution is -2.23. The quantitative estimate of drug-likeness (QED) is 0.364. The smallest absolute Gasteiger partial charge is 0.278 e. The number of ether oxygens (including phenoxy) is 1. The van der Waals surface area contributed by atoms with Crippen LogP contribution in [-0.4, -0.2) is 21.2 Å². The van der Waals surface area contributed by atoms with Crippen LogP contribution in [0.15, 0.2) is 77.9 Å². The predicted octanol–water partition coefficient (Wildman–Crippen LogP) is 5.42. The highest BCUT2D eigenvalue weighted by molar-refractivity contribution is 6.30. The summed E-state index contributed by atoms with van der Waals surface area (Å²) in [7, 11) is 1.63. The van der Waals surface area contributed by atoms with E-state index in [2.05, 4.69) is 18.2 Å². The summed E-state index contributed by atoms with van der Waals surface area (Å²) in [4.78, 5) is 18.4. The highest BCUT2D eigenvalue weighted by Gasteiger charge is 2.17. The van der Waals surface area contributed by atoms with Gasteiger partial charge in [-0.3, -0.25) is 9.36 Å². The molecule has 2 heterocycles. The van der Waals surface area contributed by atoms with Crippen LogP contribution in [0.1, 0.15) is 16.7 Å². The number of benzene rings is 3. The maximum atomic E-state index is 13.7. The zero-order valence-corrected chi connectivity index (χ0v) is 18.6. The fourth-order valence-electron chi connectivity index (χ4n) is 4.23. The van der Waals surface area contributed by atoms with Gasteiger partial charge in [0, 0.05) is 22.5 Å². The first-order valence-corrected chi connectivity index (χ1v) is 10.8. The molecule has 3 aromatic carbocycles. The van der Waals surface area contributed by atoms with Gasteiger partial charge in [-0.25, -0.2) is 4.98 Å². The number of aromatic nitrogens is 3. The third-order valence-corrected chi connectivity index (χ3v) is 5.98. The first kappa shape index (κ1) is 20.3. The maximum absolute atomic E-state index is 13.7. The Balaban J connectivity index is 1.73. The minimum atomic E-state index is -0.0863. The second-order valence-corrected chi connectivity index (χ2v) is 8.36. The van der Waals surface area contributed by atoms with Crippen LogP contribution in [0.2, 0.25) is 5.02 Å².